The zero-order chi connectivity index (χ0) is 21.7. The Kier molecular flexibility index (Phi) is 7.38. The molecule has 160 valence electrons. The summed E-state index contributed by atoms with van der Waals surface area (Å²) in [5, 5.41) is 10.7. The summed E-state index contributed by atoms with van der Waals surface area (Å²) in [5.41, 5.74) is -0.373. The van der Waals surface area contributed by atoms with Crippen molar-refractivity contribution in [1.29, 1.82) is 0 Å². The summed E-state index contributed by atoms with van der Waals surface area (Å²) in [7, 11) is 0. The Morgan fingerprint density at radius 2 is 2.13 bits per heavy atom. The van der Waals surface area contributed by atoms with Gasteiger partial charge in [-0.1, -0.05) is 48.0 Å². The minimum atomic E-state index is -0.868. The number of carbonyl (C=O) groups excluding carboxylic acids is 2. The van der Waals surface area contributed by atoms with Crippen molar-refractivity contribution in [1.82, 2.24) is 0 Å². The third-order valence-corrected chi connectivity index (χ3v) is 6.41. The Hall–Kier alpha value is -2.10. The Labute approximate surface area is 186 Å². The summed E-state index contributed by atoms with van der Waals surface area (Å²) in [5.74, 6) is 5.26. The first-order valence-electron chi connectivity index (χ1n) is 10.3. The minimum absolute atomic E-state index is 0.0743. The molecule has 1 saturated carbocycles. The van der Waals surface area contributed by atoms with Gasteiger partial charge >= 0.3 is 11.9 Å². The van der Waals surface area contributed by atoms with Crippen LogP contribution in [0.25, 0.3) is 0 Å². The maximum absolute atomic E-state index is 12.4. The van der Waals surface area contributed by atoms with Gasteiger partial charge in [-0.25, -0.2) is 4.79 Å². The summed E-state index contributed by atoms with van der Waals surface area (Å²) in [4.78, 5) is 24.4. The molecule has 2 fully saturated rings. The summed E-state index contributed by atoms with van der Waals surface area (Å²) in [6.45, 7) is 3.91. The standard InChI is InChI=1S/C24H27BrO5/c1-3-4-6-9-16(2)22(27)20(25)15-24-14-19(12-18(24)13-21(26)30-24)29-23(28)17-10-7-5-8-11-17/h5,7-8,10-11,15-16,18-19,22,27H,3,9,12-14H2,1-2H3/b20-15+/t16-,18?,19?,22?,24?/m0/s1. The molecular weight excluding hydrogens is 448 g/mol. The van der Waals surface area contributed by atoms with Gasteiger partial charge in [0.25, 0.3) is 0 Å². The van der Waals surface area contributed by atoms with Crippen LogP contribution >= 0.6 is 15.9 Å². The second-order valence-electron chi connectivity index (χ2n) is 8.03. The van der Waals surface area contributed by atoms with Crippen LogP contribution in [0.5, 0.6) is 0 Å². The Balaban J connectivity index is 1.72. The van der Waals surface area contributed by atoms with Crippen molar-refractivity contribution in [2.45, 2.75) is 63.8 Å². The quantitative estimate of drug-likeness (QED) is 0.488. The third-order valence-electron chi connectivity index (χ3n) is 5.71. The number of aliphatic hydroxyl groups is 1. The molecule has 0 bridgehead atoms. The van der Waals surface area contributed by atoms with Gasteiger partial charge in [0.2, 0.25) is 0 Å². The molecule has 5 atom stereocenters. The molecule has 4 unspecified atom stereocenters. The molecule has 1 aromatic rings. The molecule has 3 rings (SSSR count). The van der Waals surface area contributed by atoms with Crippen LogP contribution in [-0.2, 0) is 14.3 Å². The zero-order valence-electron chi connectivity index (χ0n) is 17.3. The number of esters is 2. The van der Waals surface area contributed by atoms with Crippen LogP contribution in [0.1, 0.15) is 56.3 Å². The highest BCUT2D eigenvalue weighted by Gasteiger charge is 2.55. The van der Waals surface area contributed by atoms with Crippen molar-refractivity contribution in [2.75, 3.05) is 0 Å². The van der Waals surface area contributed by atoms with Crippen LogP contribution in [0.15, 0.2) is 40.9 Å². The Morgan fingerprint density at radius 3 is 2.83 bits per heavy atom. The number of ether oxygens (including phenoxy) is 2. The summed E-state index contributed by atoms with van der Waals surface area (Å²) >= 11 is 3.49. The highest BCUT2D eigenvalue weighted by Crippen LogP contribution is 2.49. The highest BCUT2D eigenvalue weighted by molar-refractivity contribution is 9.11. The highest BCUT2D eigenvalue weighted by atomic mass is 79.9. The fourth-order valence-corrected chi connectivity index (χ4v) is 4.95. The molecule has 1 N–H and O–H groups in total. The van der Waals surface area contributed by atoms with Crippen molar-refractivity contribution in [2.24, 2.45) is 11.8 Å². The number of benzene rings is 1. The summed E-state index contributed by atoms with van der Waals surface area (Å²) in [6, 6.07) is 8.84. The van der Waals surface area contributed by atoms with E-state index in [2.05, 4.69) is 27.8 Å². The van der Waals surface area contributed by atoms with Gasteiger partial charge in [-0.15, -0.1) is 11.8 Å². The van der Waals surface area contributed by atoms with E-state index in [1.807, 2.05) is 19.9 Å². The lowest BCUT2D eigenvalue weighted by Gasteiger charge is -2.26. The number of halogens is 1. The fourth-order valence-electron chi connectivity index (χ4n) is 4.11. The molecule has 0 radical (unpaired) electrons. The Morgan fingerprint density at radius 1 is 1.40 bits per heavy atom. The average molecular weight is 475 g/mol. The van der Waals surface area contributed by atoms with Crippen molar-refractivity contribution in [3.05, 3.63) is 46.5 Å². The van der Waals surface area contributed by atoms with E-state index in [1.165, 1.54) is 0 Å². The predicted octanol–water partition coefficient (Wildman–Crippen LogP) is 4.39. The van der Waals surface area contributed by atoms with Gasteiger partial charge in [0.15, 0.2) is 0 Å². The molecule has 0 aromatic heterocycles. The van der Waals surface area contributed by atoms with E-state index in [9.17, 15) is 14.7 Å². The lowest BCUT2D eigenvalue weighted by atomic mass is 9.89. The van der Waals surface area contributed by atoms with E-state index in [4.69, 9.17) is 9.47 Å². The molecule has 1 aromatic carbocycles. The van der Waals surface area contributed by atoms with Gasteiger partial charge in [-0.05, 0) is 30.5 Å². The van der Waals surface area contributed by atoms with E-state index in [1.54, 1.807) is 30.3 Å². The number of hydrogen-bond acceptors (Lipinski definition) is 5. The van der Waals surface area contributed by atoms with Gasteiger partial charge in [-0.2, -0.15) is 0 Å². The van der Waals surface area contributed by atoms with Crippen molar-refractivity contribution >= 4 is 27.9 Å². The summed E-state index contributed by atoms with van der Waals surface area (Å²) in [6.07, 6.45) is 3.27. The van der Waals surface area contributed by atoms with E-state index >= 15 is 0 Å². The molecule has 6 heteroatoms. The first-order chi connectivity index (χ1) is 14.3. The van der Waals surface area contributed by atoms with Crippen molar-refractivity contribution in [3.63, 3.8) is 0 Å². The average Bonchev–Trinajstić information content (AvgIpc) is 3.18. The van der Waals surface area contributed by atoms with E-state index in [0.29, 0.717) is 29.3 Å². The lowest BCUT2D eigenvalue weighted by Crippen LogP contribution is -2.31. The van der Waals surface area contributed by atoms with Crippen molar-refractivity contribution < 1.29 is 24.2 Å². The first kappa shape index (κ1) is 22.6. The minimum Gasteiger partial charge on any atom is -0.459 e. The van der Waals surface area contributed by atoms with E-state index in [-0.39, 0.29) is 36.3 Å². The second-order valence-corrected chi connectivity index (χ2v) is 8.94. The monoisotopic (exact) mass is 474 g/mol. The van der Waals surface area contributed by atoms with Crippen LogP contribution < -0.4 is 0 Å². The van der Waals surface area contributed by atoms with Gasteiger partial charge in [0.1, 0.15) is 11.7 Å². The van der Waals surface area contributed by atoms with Crippen molar-refractivity contribution in [3.8, 4) is 11.8 Å². The molecule has 0 spiro atoms. The maximum Gasteiger partial charge on any atom is 0.338 e. The number of fused-ring (bicyclic) bond motifs is 1. The van der Waals surface area contributed by atoms with Gasteiger partial charge in [0.05, 0.1) is 18.1 Å². The van der Waals surface area contributed by atoms with Gasteiger partial charge in [-0.3, -0.25) is 4.79 Å². The Bertz CT molecular complexity index is 869. The topological polar surface area (TPSA) is 72.8 Å². The number of carbonyl (C=O) groups is 2. The largest absolute Gasteiger partial charge is 0.459 e. The van der Waals surface area contributed by atoms with Gasteiger partial charge in [0, 0.05) is 29.7 Å². The fraction of sp³-hybridized carbons (Fsp3) is 0.500. The third kappa shape index (κ3) is 5.14. The second kappa shape index (κ2) is 9.80. The van der Waals surface area contributed by atoms with Crippen LogP contribution in [0.2, 0.25) is 0 Å². The van der Waals surface area contributed by atoms with Crippen LogP contribution in [0, 0.1) is 23.7 Å². The molecule has 5 nitrogen and oxygen atoms in total. The molecular formula is C24H27BrO5. The van der Waals surface area contributed by atoms with Crippen LogP contribution in [-0.4, -0.2) is 34.9 Å². The normalized spacial score (nSPS) is 27.5. The first-order valence-corrected chi connectivity index (χ1v) is 11.1. The molecule has 1 saturated heterocycles. The molecule has 30 heavy (non-hydrogen) atoms. The predicted molar refractivity (Wildman–Crippen MR) is 117 cm³/mol. The maximum atomic E-state index is 12.4. The zero-order valence-corrected chi connectivity index (χ0v) is 18.9. The number of rotatable bonds is 6. The summed E-state index contributed by atoms with van der Waals surface area (Å²) < 4.78 is 12.0. The molecule has 0 amide bonds. The lowest BCUT2D eigenvalue weighted by molar-refractivity contribution is -0.146. The van der Waals surface area contributed by atoms with E-state index < -0.39 is 11.7 Å². The SMILES string of the molecule is CCC#CC[C@H](C)C(O)/C(Br)=C\C12CC(OC(=O)c3ccccc3)CC1CC(=O)O2. The van der Waals surface area contributed by atoms with Crippen LogP contribution in [0.4, 0.5) is 0 Å². The van der Waals surface area contributed by atoms with E-state index in [0.717, 1.165) is 6.42 Å². The number of hydrogen-bond donors (Lipinski definition) is 1. The molecule has 1 aliphatic heterocycles. The molecule has 2 aliphatic rings. The smallest absolute Gasteiger partial charge is 0.338 e. The molecule has 1 aliphatic carbocycles. The molecule has 1 heterocycles. The van der Waals surface area contributed by atoms with Crippen LogP contribution in [0.3, 0.4) is 0 Å². The number of aliphatic hydroxyl groups excluding tert-OH is 1. The van der Waals surface area contributed by atoms with Gasteiger partial charge < -0.3 is 14.6 Å².